The van der Waals surface area contributed by atoms with E-state index in [1.54, 1.807) is 6.92 Å². The third-order valence-corrected chi connectivity index (χ3v) is 3.01. The lowest BCUT2D eigenvalue weighted by Gasteiger charge is -2.31. The molecule has 0 radical (unpaired) electrons. The van der Waals surface area contributed by atoms with Gasteiger partial charge in [-0.05, 0) is 6.92 Å². The quantitative estimate of drug-likeness (QED) is 0.537. The van der Waals surface area contributed by atoms with Crippen molar-refractivity contribution in [2.45, 2.75) is 19.4 Å². The number of carbonyl (C=O) groups is 3. The van der Waals surface area contributed by atoms with Crippen LogP contribution in [0.2, 0.25) is 0 Å². The Morgan fingerprint density at radius 1 is 1.39 bits per heavy atom. The van der Waals surface area contributed by atoms with E-state index in [1.165, 1.54) is 20.5 Å². The first kappa shape index (κ1) is 14.2. The average Bonchev–Trinajstić information content (AvgIpc) is 2.38. The standard InChI is InChI=1S/C12H16O6/c1-7-9(5-13)8(4-11(14)16-2)10(6-18-7)12(15)17-3/h5-9H,4H2,1-3H3/t7-,8?,9-/m1/s1. The van der Waals surface area contributed by atoms with E-state index >= 15 is 0 Å². The van der Waals surface area contributed by atoms with Gasteiger partial charge in [-0.2, -0.15) is 0 Å². The number of esters is 2. The van der Waals surface area contributed by atoms with Gasteiger partial charge in [0.05, 0.1) is 38.4 Å². The Labute approximate surface area is 105 Å². The molecule has 0 aliphatic carbocycles. The topological polar surface area (TPSA) is 78.9 Å². The van der Waals surface area contributed by atoms with Crippen LogP contribution in [0.3, 0.4) is 0 Å². The van der Waals surface area contributed by atoms with Crippen LogP contribution < -0.4 is 0 Å². The summed E-state index contributed by atoms with van der Waals surface area (Å²) in [7, 11) is 2.48. The lowest BCUT2D eigenvalue weighted by molar-refractivity contribution is -0.143. The summed E-state index contributed by atoms with van der Waals surface area (Å²) in [5.41, 5.74) is 0.179. The zero-order chi connectivity index (χ0) is 13.7. The second-order valence-electron chi connectivity index (χ2n) is 4.01. The summed E-state index contributed by atoms with van der Waals surface area (Å²) < 4.78 is 14.4. The monoisotopic (exact) mass is 256 g/mol. The Morgan fingerprint density at radius 2 is 2.06 bits per heavy atom. The van der Waals surface area contributed by atoms with Crippen LogP contribution in [0.1, 0.15) is 13.3 Å². The maximum atomic E-state index is 11.6. The van der Waals surface area contributed by atoms with Crippen LogP contribution >= 0.6 is 0 Å². The van der Waals surface area contributed by atoms with Crippen molar-refractivity contribution >= 4 is 18.2 Å². The first-order valence-corrected chi connectivity index (χ1v) is 5.51. The number of ether oxygens (including phenoxy) is 3. The molecule has 0 N–H and O–H groups in total. The minimum absolute atomic E-state index is 0.0610. The maximum Gasteiger partial charge on any atom is 0.337 e. The first-order valence-electron chi connectivity index (χ1n) is 5.51. The number of hydrogen-bond donors (Lipinski definition) is 0. The minimum atomic E-state index is -0.609. The normalized spacial score (nSPS) is 26.6. The zero-order valence-corrected chi connectivity index (χ0v) is 10.5. The van der Waals surface area contributed by atoms with Gasteiger partial charge in [0.1, 0.15) is 12.4 Å². The van der Waals surface area contributed by atoms with Crippen molar-refractivity contribution in [2.75, 3.05) is 14.2 Å². The summed E-state index contributed by atoms with van der Waals surface area (Å²) in [4.78, 5) is 34.0. The van der Waals surface area contributed by atoms with Gasteiger partial charge in [0.15, 0.2) is 0 Å². The molecule has 100 valence electrons. The van der Waals surface area contributed by atoms with E-state index in [9.17, 15) is 14.4 Å². The number of carbonyl (C=O) groups excluding carboxylic acids is 3. The van der Waals surface area contributed by atoms with Crippen LogP contribution in [0, 0.1) is 11.8 Å². The lowest BCUT2D eigenvalue weighted by atomic mass is 9.80. The van der Waals surface area contributed by atoms with E-state index in [-0.39, 0.29) is 12.0 Å². The van der Waals surface area contributed by atoms with Crippen molar-refractivity contribution in [3.8, 4) is 0 Å². The van der Waals surface area contributed by atoms with Gasteiger partial charge >= 0.3 is 11.9 Å². The highest BCUT2D eigenvalue weighted by Gasteiger charge is 2.39. The van der Waals surface area contributed by atoms with Gasteiger partial charge in [-0.15, -0.1) is 0 Å². The van der Waals surface area contributed by atoms with Crippen molar-refractivity contribution in [3.05, 3.63) is 11.8 Å². The molecule has 1 aliphatic heterocycles. The number of rotatable bonds is 4. The summed E-state index contributed by atoms with van der Waals surface area (Å²) >= 11 is 0. The molecule has 0 aromatic heterocycles. The van der Waals surface area contributed by atoms with Gasteiger partial charge < -0.3 is 19.0 Å². The van der Waals surface area contributed by atoms with Crippen molar-refractivity contribution < 1.29 is 28.6 Å². The SMILES string of the molecule is COC(=O)CC1C(C(=O)OC)=CO[C@H](C)[C@H]1C=O. The number of hydrogen-bond acceptors (Lipinski definition) is 6. The highest BCUT2D eigenvalue weighted by atomic mass is 16.5. The third-order valence-electron chi connectivity index (χ3n) is 3.01. The molecule has 0 aromatic rings. The molecule has 0 aromatic carbocycles. The fraction of sp³-hybridized carbons (Fsp3) is 0.583. The second-order valence-corrected chi connectivity index (χ2v) is 4.01. The van der Waals surface area contributed by atoms with E-state index < -0.39 is 29.9 Å². The van der Waals surface area contributed by atoms with Crippen LogP contribution in [0.4, 0.5) is 0 Å². The van der Waals surface area contributed by atoms with Gasteiger partial charge in [0.25, 0.3) is 0 Å². The van der Waals surface area contributed by atoms with Gasteiger partial charge in [-0.25, -0.2) is 4.79 Å². The highest BCUT2D eigenvalue weighted by Crippen LogP contribution is 2.32. The Hall–Kier alpha value is -1.85. The Morgan fingerprint density at radius 3 is 2.56 bits per heavy atom. The minimum Gasteiger partial charge on any atom is -0.497 e. The first-order chi connectivity index (χ1) is 8.54. The molecular formula is C12H16O6. The van der Waals surface area contributed by atoms with Crippen molar-refractivity contribution in [3.63, 3.8) is 0 Å². The van der Waals surface area contributed by atoms with E-state index in [4.69, 9.17) is 4.74 Å². The van der Waals surface area contributed by atoms with Crippen LogP contribution in [0.15, 0.2) is 11.8 Å². The van der Waals surface area contributed by atoms with Crippen LogP contribution in [0.5, 0.6) is 0 Å². The molecule has 6 heteroatoms. The Bertz CT molecular complexity index is 373. The molecular weight excluding hydrogens is 240 g/mol. The second kappa shape index (κ2) is 6.18. The molecule has 0 spiro atoms. The summed E-state index contributed by atoms with van der Waals surface area (Å²) in [6.07, 6.45) is 1.48. The van der Waals surface area contributed by atoms with E-state index in [0.717, 1.165) is 0 Å². The molecule has 6 nitrogen and oxygen atoms in total. The summed E-state index contributed by atoms with van der Waals surface area (Å²) in [6, 6.07) is 0. The highest BCUT2D eigenvalue weighted by molar-refractivity contribution is 5.90. The summed E-state index contributed by atoms with van der Waals surface area (Å²) in [5, 5.41) is 0. The molecule has 0 bridgehead atoms. The number of methoxy groups -OCH3 is 2. The van der Waals surface area contributed by atoms with Gasteiger partial charge in [0.2, 0.25) is 0 Å². The number of aldehydes is 1. The maximum absolute atomic E-state index is 11.6. The molecule has 0 amide bonds. The lowest BCUT2D eigenvalue weighted by Crippen LogP contribution is -2.37. The third kappa shape index (κ3) is 2.88. The Balaban J connectivity index is 3.02. The molecule has 0 saturated heterocycles. The van der Waals surface area contributed by atoms with E-state index in [0.29, 0.717) is 6.29 Å². The smallest absolute Gasteiger partial charge is 0.337 e. The molecule has 1 aliphatic rings. The predicted molar refractivity (Wildman–Crippen MR) is 60.3 cm³/mol. The molecule has 1 unspecified atom stereocenters. The van der Waals surface area contributed by atoms with Crippen LogP contribution in [-0.4, -0.2) is 38.5 Å². The summed E-state index contributed by atoms with van der Waals surface area (Å²) in [5.74, 6) is -2.26. The molecule has 1 heterocycles. The Kier molecular flexibility index (Phi) is 4.88. The van der Waals surface area contributed by atoms with Crippen molar-refractivity contribution in [2.24, 2.45) is 11.8 Å². The van der Waals surface area contributed by atoms with Crippen molar-refractivity contribution in [1.82, 2.24) is 0 Å². The van der Waals surface area contributed by atoms with Gasteiger partial charge in [0, 0.05) is 5.92 Å². The van der Waals surface area contributed by atoms with Gasteiger partial charge in [-0.1, -0.05) is 0 Å². The van der Waals surface area contributed by atoms with Gasteiger partial charge in [-0.3, -0.25) is 4.79 Å². The van der Waals surface area contributed by atoms with Crippen molar-refractivity contribution in [1.29, 1.82) is 0 Å². The molecule has 1 rings (SSSR count). The largest absolute Gasteiger partial charge is 0.497 e. The van der Waals surface area contributed by atoms with Crippen LogP contribution in [-0.2, 0) is 28.6 Å². The zero-order valence-electron chi connectivity index (χ0n) is 10.5. The predicted octanol–water partition coefficient (Wildman–Crippen LogP) is 0.456. The fourth-order valence-electron chi connectivity index (χ4n) is 1.92. The molecule has 3 atom stereocenters. The molecule has 0 fully saturated rings. The van der Waals surface area contributed by atoms with E-state index in [2.05, 4.69) is 9.47 Å². The average molecular weight is 256 g/mol. The van der Waals surface area contributed by atoms with Crippen LogP contribution in [0.25, 0.3) is 0 Å². The molecule has 0 saturated carbocycles. The van der Waals surface area contributed by atoms with E-state index in [1.807, 2.05) is 0 Å². The fourth-order valence-corrected chi connectivity index (χ4v) is 1.92. The molecule has 18 heavy (non-hydrogen) atoms. The summed E-state index contributed by atoms with van der Waals surface area (Å²) in [6.45, 7) is 1.70.